The largest absolute Gasteiger partial charge is 0.385 e. The number of carbonyl (C=O) groups excluding carboxylic acids is 1. The highest BCUT2D eigenvalue weighted by atomic mass is 32.1. The molecule has 1 aliphatic rings. The van der Waals surface area contributed by atoms with Gasteiger partial charge in [0.25, 0.3) is 5.91 Å². The second-order valence-electron chi connectivity index (χ2n) is 4.67. The Morgan fingerprint density at radius 2 is 2.44 bits per heavy atom. The number of thiophene rings is 1. The third kappa shape index (κ3) is 2.74. The number of aliphatic hydroxyl groups is 1. The molecule has 0 spiro atoms. The highest BCUT2D eigenvalue weighted by Gasteiger charge is 2.39. The SMILES string of the molecule is CCc1ccc(C(=O)NCC2(O)CCOC2C)s1. The van der Waals surface area contributed by atoms with Crippen molar-refractivity contribution in [3.63, 3.8) is 0 Å². The van der Waals surface area contributed by atoms with Crippen LogP contribution >= 0.6 is 11.3 Å². The molecular weight excluding hydrogens is 250 g/mol. The maximum absolute atomic E-state index is 11.9. The van der Waals surface area contributed by atoms with Crippen LogP contribution in [0.5, 0.6) is 0 Å². The van der Waals surface area contributed by atoms with Gasteiger partial charge in [-0.15, -0.1) is 11.3 Å². The number of ether oxygens (including phenoxy) is 1. The minimum Gasteiger partial charge on any atom is -0.385 e. The molecule has 2 rings (SSSR count). The van der Waals surface area contributed by atoms with Crippen molar-refractivity contribution >= 4 is 17.2 Å². The van der Waals surface area contributed by atoms with E-state index >= 15 is 0 Å². The number of nitrogens with one attached hydrogen (secondary N) is 1. The van der Waals surface area contributed by atoms with E-state index in [9.17, 15) is 9.90 Å². The van der Waals surface area contributed by atoms with Crippen molar-refractivity contribution in [3.05, 3.63) is 21.9 Å². The number of hydrogen-bond donors (Lipinski definition) is 2. The molecule has 2 heterocycles. The van der Waals surface area contributed by atoms with Crippen LogP contribution in [-0.4, -0.2) is 35.9 Å². The summed E-state index contributed by atoms with van der Waals surface area (Å²) >= 11 is 1.50. The van der Waals surface area contributed by atoms with Gasteiger partial charge in [0, 0.05) is 24.4 Å². The van der Waals surface area contributed by atoms with Crippen LogP contribution in [0.3, 0.4) is 0 Å². The Hall–Kier alpha value is -0.910. The van der Waals surface area contributed by atoms with E-state index < -0.39 is 5.60 Å². The molecule has 2 N–H and O–H groups in total. The maximum Gasteiger partial charge on any atom is 0.261 e. The Kier molecular flexibility index (Phi) is 4.04. The van der Waals surface area contributed by atoms with Gasteiger partial charge in [0.05, 0.1) is 11.0 Å². The van der Waals surface area contributed by atoms with E-state index in [0.29, 0.717) is 17.9 Å². The van der Waals surface area contributed by atoms with Crippen LogP contribution in [0.1, 0.15) is 34.8 Å². The Balaban J connectivity index is 1.92. The molecule has 1 saturated heterocycles. The van der Waals surface area contributed by atoms with Gasteiger partial charge in [-0.3, -0.25) is 4.79 Å². The molecule has 0 bridgehead atoms. The zero-order chi connectivity index (χ0) is 13.2. The van der Waals surface area contributed by atoms with Gasteiger partial charge in [-0.25, -0.2) is 0 Å². The van der Waals surface area contributed by atoms with Gasteiger partial charge in [-0.2, -0.15) is 0 Å². The molecule has 2 atom stereocenters. The van der Waals surface area contributed by atoms with Gasteiger partial charge in [0.1, 0.15) is 5.60 Å². The smallest absolute Gasteiger partial charge is 0.261 e. The topological polar surface area (TPSA) is 58.6 Å². The highest BCUT2D eigenvalue weighted by molar-refractivity contribution is 7.14. The molecular formula is C13H19NO3S. The molecule has 0 saturated carbocycles. The van der Waals surface area contributed by atoms with Gasteiger partial charge in [0.15, 0.2) is 0 Å². The Morgan fingerprint density at radius 3 is 3.00 bits per heavy atom. The van der Waals surface area contributed by atoms with Crippen molar-refractivity contribution in [2.75, 3.05) is 13.2 Å². The van der Waals surface area contributed by atoms with Crippen molar-refractivity contribution in [2.24, 2.45) is 0 Å². The molecule has 1 fully saturated rings. The zero-order valence-electron chi connectivity index (χ0n) is 10.7. The van der Waals surface area contributed by atoms with Crippen LogP contribution in [0.2, 0.25) is 0 Å². The summed E-state index contributed by atoms with van der Waals surface area (Å²) in [4.78, 5) is 13.8. The van der Waals surface area contributed by atoms with Crippen molar-refractivity contribution in [2.45, 2.75) is 38.4 Å². The normalized spacial score (nSPS) is 27.4. The summed E-state index contributed by atoms with van der Waals surface area (Å²) in [6.07, 6.45) is 1.28. The average molecular weight is 269 g/mol. The monoisotopic (exact) mass is 269 g/mol. The van der Waals surface area contributed by atoms with Crippen LogP contribution in [0.4, 0.5) is 0 Å². The first-order valence-electron chi connectivity index (χ1n) is 6.26. The summed E-state index contributed by atoms with van der Waals surface area (Å²) in [5.41, 5.74) is -0.930. The predicted molar refractivity (Wildman–Crippen MR) is 71.0 cm³/mol. The van der Waals surface area contributed by atoms with Crippen LogP contribution in [-0.2, 0) is 11.2 Å². The lowest BCUT2D eigenvalue weighted by molar-refractivity contribution is -0.0251. The summed E-state index contributed by atoms with van der Waals surface area (Å²) in [6, 6.07) is 3.80. The number of rotatable bonds is 4. The fourth-order valence-electron chi connectivity index (χ4n) is 2.01. The van der Waals surface area contributed by atoms with E-state index in [1.807, 2.05) is 19.1 Å². The maximum atomic E-state index is 11.9. The van der Waals surface area contributed by atoms with Crippen LogP contribution < -0.4 is 5.32 Å². The first kappa shape index (κ1) is 13.5. The molecule has 0 aliphatic carbocycles. The van der Waals surface area contributed by atoms with Gasteiger partial charge in [-0.05, 0) is 25.5 Å². The van der Waals surface area contributed by atoms with Gasteiger partial charge < -0.3 is 15.2 Å². The quantitative estimate of drug-likeness (QED) is 0.872. The summed E-state index contributed by atoms with van der Waals surface area (Å²) in [5, 5.41) is 13.1. The van der Waals surface area contributed by atoms with Crippen LogP contribution in [0.15, 0.2) is 12.1 Å². The van der Waals surface area contributed by atoms with Crippen molar-refractivity contribution in [3.8, 4) is 0 Å². The molecule has 100 valence electrons. The lowest BCUT2D eigenvalue weighted by atomic mass is 9.97. The molecule has 1 aliphatic heterocycles. The summed E-state index contributed by atoms with van der Waals surface area (Å²) < 4.78 is 5.33. The molecule has 5 heteroatoms. The van der Waals surface area contributed by atoms with E-state index in [-0.39, 0.29) is 18.6 Å². The molecule has 1 aromatic heterocycles. The van der Waals surface area contributed by atoms with E-state index in [0.717, 1.165) is 6.42 Å². The standard InChI is InChI=1S/C13H19NO3S/c1-3-10-4-5-11(18-10)12(15)14-8-13(16)6-7-17-9(13)2/h4-5,9,16H,3,6-8H2,1-2H3,(H,14,15). The predicted octanol–water partition coefficient (Wildman–Crippen LogP) is 1.58. The van der Waals surface area contributed by atoms with Crippen molar-refractivity contribution in [1.82, 2.24) is 5.32 Å². The first-order chi connectivity index (χ1) is 8.55. The number of carbonyl (C=O) groups is 1. The van der Waals surface area contributed by atoms with Gasteiger partial charge >= 0.3 is 0 Å². The third-order valence-corrected chi connectivity index (χ3v) is 4.68. The van der Waals surface area contributed by atoms with Gasteiger partial charge in [-0.1, -0.05) is 6.92 Å². The second kappa shape index (κ2) is 5.38. The molecule has 1 aromatic rings. The second-order valence-corrected chi connectivity index (χ2v) is 5.84. The number of aryl methyl sites for hydroxylation is 1. The summed E-state index contributed by atoms with van der Waals surface area (Å²) in [6.45, 7) is 4.69. The Bertz CT molecular complexity index is 432. The minimum absolute atomic E-state index is 0.118. The zero-order valence-corrected chi connectivity index (χ0v) is 11.5. The molecule has 18 heavy (non-hydrogen) atoms. The number of amides is 1. The summed E-state index contributed by atoms with van der Waals surface area (Å²) in [5.74, 6) is -0.118. The number of hydrogen-bond acceptors (Lipinski definition) is 4. The third-order valence-electron chi connectivity index (χ3n) is 3.45. The first-order valence-corrected chi connectivity index (χ1v) is 7.07. The van der Waals surface area contributed by atoms with Gasteiger partial charge in [0.2, 0.25) is 0 Å². The molecule has 2 unspecified atom stereocenters. The fourth-order valence-corrected chi connectivity index (χ4v) is 2.88. The van der Waals surface area contributed by atoms with Crippen LogP contribution in [0.25, 0.3) is 0 Å². The summed E-state index contributed by atoms with van der Waals surface area (Å²) in [7, 11) is 0. The van der Waals surface area contributed by atoms with E-state index in [1.54, 1.807) is 0 Å². The highest BCUT2D eigenvalue weighted by Crippen LogP contribution is 2.25. The van der Waals surface area contributed by atoms with E-state index in [4.69, 9.17) is 4.74 Å². The Labute approximate surface area is 111 Å². The van der Waals surface area contributed by atoms with Crippen LogP contribution in [0, 0.1) is 0 Å². The Morgan fingerprint density at radius 1 is 1.67 bits per heavy atom. The lowest BCUT2D eigenvalue weighted by Crippen LogP contribution is -2.47. The molecule has 0 aromatic carbocycles. The molecule has 0 radical (unpaired) electrons. The van der Waals surface area contributed by atoms with Crippen molar-refractivity contribution in [1.29, 1.82) is 0 Å². The molecule has 4 nitrogen and oxygen atoms in total. The molecule has 1 amide bonds. The van der Waals surface area contributed by atoms with E-state index in [2.05, 4.69) is 12.2 Å². The minimum atomic E-state index is -0.930. The lowest BCUT2D eigenvalue weighted by Gasteiger charge is -2.25. The van der Waals surface area contributed by atoms with E-state index in [1.165, 1.54) is 16.2 Å². The average Bonchev–Trinajstić information content (AvgIpc) is 2.95. The van der Waals surface area contributed by atoms with Crippen molar-refractivity contribution < 1.29 is 14.6 Å². The fraction of sp³-hybridized carbons (Fsp3) is 0.615.